The third-order valence-corrected chi connectivity index (χ3v) is 8.86. The van der Waals surface area contributed by atoms with Crippen LogP contribution in [0.15, 0.2) is 83.3 Å². The fraction of sp³-hybridized carbons (Fsp3) is 0.463. The first-order chi connectivity index (χ1) is 22.7. The fourth-order valence-electron chi connectivity index (χ4n) is 6.47. The van der Waals surface area contributed by atoms with Crippen LogP contribution < -0.4 is 10.6 Å². The molecule has 2 aliphatic carbocycles. The van der Waals surface area contributed by atoms with Gasteiger partial charge in [0.15, 0.2) is 5.76 Å². The van der Waals surface area contributed by atoms with Gasteiger partial charge in [-0.05, 0) is 58.8 Å². The number of rotatable bonds is 9. The van der Waals surface area contributed by atoms with E-state index in [0.717, 1.165) is 60.6 Å². The van der Waals surface area contributed by atoms with Crippen LogP contribution in [-0.4, -0.2) is 29.6 Å². The number of furan rings is 1. The second-order valence-electron chi connectivity index (χ2n) is 12.7. The first-order valence-corrected chi connectivity index (χ1v) is 18.4. The van der Waals surface area contributed by atoms with Crippen molar-refractivity contribution >= 4 is 32.0 Å². The van der Waals surface area contributed by atoms with E-state index in [1.54, 1.807) is 6.07 Å². The molecule has 3 aromatic carbocycles. The highest BCUT2D eigenvalue weighted by Gasteiger charge is 2.48. The first kappa shape index (κ1) is 38.0. The summed E-state index contributed by atoms with van der Waals surface area (Å²) in [4.78, 5) is 25.6. The van der Waals surface area contributed by atoms with Crippen molar-refractivity contribution in [2.75, 3.05) is 6.54 Å². The van der Waals surface area contributed by atoms with Crippen LogP contribution in [0.25, 0.3) is 22.1 Å². The topological polar surface area (TPSA) is 71.3 Å². The molecule has 2 N–H and O–H groups in total. The van der Waals surface area contributed by atoms with E-state index in [2.05, 4.69) is 89.2 Å². The number of para-hydroxylation sites is 1. The minimum absolute atomic E-state index is 0.0160. The van der Waals surface area contributed by atoms with Gasteiger partial charge in [0.2, 0.25) is 5.91 Å². The van der Waals surface area contributed by atoms with Gasteiger partial charge in [0.25, 0.3) is 5.91 Å². The predicted octanol–water partition coefficient (Wildman–Crippen LogP) is 10.5. The van der Waals surface area contributed by atoms with E-state index < -0.39 is 5.41 Å². The van der Waals surface area contributed by atoms with Crippen LogP contribution in [0.3, 0.4) is 0 Å². The summed E-state index contributed by atoms with van der Waals surface area (Å²) < 4.78 is 5.53. The number of carbonyl (C=O) groups is 2. The highest BCUT2D eigenvalue weighted by Crippen LogP contribution is 2.51. The third-order valence-electron chi connectivity index (χ3n) is 8.65. The second kappa shape index (κ2) is 18.2. The average molecular weight is 657 g/mol. The number of fused-ring (bicyclic) bond motifs is 4. The summed E-state index contributed by atoms with van der Waals surface area (Å²) in [5.41, 5.74) is 4.94. The van der Waals surface area contributed by atoms with E-state index in [4.69, 9.17) is 4.42 Å². The lowest BCUT2D eigenvalue weighted by Crippen LogP contribution is -2.47. The van der Waals surface area contributed by atoms with Gasteiger partial charge >= 0.3 is 0 Å². The minimum atomic E-state index is -0.571. The molecule has 0 radical (unpaired) electrons. The molecule has 1 saturated carbocycles. The Labute approximate surface area is 285 Å². The van der Waals surface area contributed by atoms with Crippen molar-refractivity contribution in [2.45, 2.75) is 116 Å². The van der Waals surface area contributed by atoms with Gasteiger partial charge in [0, 0.05) is 18.0 Å². The Kier molecular flexibility index (Phi) is 14.7. The molecular formula is C41H57N2O3P. The Morgan fingerprint density at radius 1 is 0.851 bits per heavy atom. The molecule has 1 atom stereocenters. The van der Waals surface area contributed by atoms with Gasteiger partial charge in [-0.2, -0.15) is 0 Å². The van der Waals surface area contributed by atoms with Crippen molar-refractivity contribution in [3.63, 3.8) is 0 Å². The molecule has 1 fully saturated rings. The molecular weight excluding hydrogens is 599 g/mol. The molecule has 1 heterocycles. The van der Waals surface area contributed by atoms with Gasteiger partial charge < -0.3 is 15.1 Å². The van der Waals surface area contributed by atoms with Crippen LogP contribution in [0.5, 0.6) is 0 Å². The Morgan fingerprint density at radius 3 is 1.96 bits per heavy atom. The number of hydrogen-bond donors (Lipinski definition) is 2. The monoisotopic (exact) mass is 656 g/mol. The van der Waals surface area contributed by atoms with E-state index in [1.165, 1.54) is 24.0 Å². The largest absolute Gasteiger partial charge is 0.451 e. The number of benzene rings is 3. The molecule has 6 heteroatoms. The maximum atomic E-state index is 13.6. The zero-order chi connectivity index (χ0) is 34.5. The molecule has 2 aliphatic rings. The lowest BCUT2D eigenvalue weighted by atomic mass is 9.73. The minimum Gasteiger partial charge on any atom is -0.451 e. The molecule has 6 rings (SSSR count). The van der Waals surface area contributed by atoms with E-state index in [9.17, 15) is 9.59 Å². The zero-order valence-electron chi connectivity index (χ0n) is 29.7. The van der Waals surface area contributed by atoms with Crippen LogP contribution in [0.1, 0.15) is 122 Å². The molecule has 5 nitrogen and oxygen atoms in total. The Hall–Kier alpha value is -3.43. The molecule has 4 aromatic rings. The van der Waals surface area contributed by atoms with Gasteiger partial charge in [-0.25, -0.2) is 0 Å². The molecule has 47 heavy (non-hydrogen) atoms. The summed E-state index contributed by atoms with van der Waals surface area (Å²) >= 11 is 0. The molecule has 2 amide bonds. The summed E-state index contributed by atoms with van der Waals surface area (Å²) in [6, 6.07) is 26.7. The van der Waals surface area contributed by atoms with Gasteiger partial charge in [0.1, 0.15) is 11.0 Å². The molecule has 0 saturated heterocycles. The Morgan fingerprint density at radius 2 is 1.40 bits per heavy atom. The quantitative estimate of drug-likeness (QED) is 0.139. The van der Waals surface area contributed by atoms with E-state index in [1.807, 2.05) is 52.0 Å². The van der Waals surface area contributed by atoms with E-state index in [0.29, 0.717) is 18.3 Å². The standard InChI is InChI=1S/C23H30NOP.C14H15NO2.2C2H6/c1-4-5-10-15-23(21(25)24-16-22(2,3)26)19-13-8-6-11-17(19)18-12-7-9-14-20(18)23;16-14(15-11-6-2-3-7-11)13-9-10-5-1-4-8-12(10)17-13;2*1-2/h6-9,11-14H,4-5,10,15-16,26H2,1-3H3,(H,24,25);1,4-5,8-9,11H,2-3,6-7H2,(H,15,16);2*1-2H3. The van der Waals surface area contributed by atoms with Crippen molar-refractivity contribution in [1.29, 1.82) is 0 Å². The highest BCUT2D eigenvalue weighted by atomic mass is 31.0. The smallest absolute Gasteiger partial charge is 0.287 e. The van der Waals surface area contributed by atoms with Gasteiger partial charge in [-0.1, -0.05) is 147 Å². The first-order valence-electron chi connectivity index (χ1n) is 17.8. The van der Waals surface area contributed by atoms with Crippen molar-refractivity contribution in [2.24, 2.45) is 0 Å². The summed E-state index contributed by atoms with van der Waals surface area (Å²) in [7, 11) is 2.82. The molecule has 1 aromatic heterocycles. The molecule has 0 aliphatic heterocycles. The lowest BCUT2D eigenvalue weighted by Gasteiger charge is -2.32. The Bertz CT molecular complexity index is 1480. The highest BCUT2D eigenvalue weighted by molar-refractivity contribution is 7.18. The van der Waals surface area contributed by atoms with Crippen LogP contribution >= 0.6 is 9.24 Å². The van der Waals surface area contributed by atoms with Crippen LogP contribution in [0, 0.1) is 0 Å². The summed E-state index contributed by atoms with van der Waals surface area (Å²) in [5.74, 6) is 0.465. The van der Waals surface area contributed by atoms with Crippen LogP contribution in [0.2, 0.25) is 0 Å². The summed E-state index contributed by atoms with van der Waals surface area (Å²) in [6.07, 6.45) is 8.82. The maximum Gasteiger partial charge on any atom is 0.287 e. The fourth-order valence-corrected chi connectivity index (χ4v) is 6.57. The van der Waals surface area contributed by atoms with Crippen molar-refractivity contribution in [3.8, 4) is 11.1 Å². The third kappa shape index (κ3) is 9.35. The number of carbonyl (C=O) groups excluding carboxylic acids is 2. The molecule has 1 unspecified atom stereocenters. The van der Waals surface area contributed by atoms with E-state index in [-0.39, 0.29) is 17.0 Å². The molecule has 0 bridgehead atoms. The zero-order valence-corrected chi connectivity index (χ0v) is 30.9. The number of amides is 2. The Balaban J connectivity index is 0.000000246. The van der Waals surface area contributed by atoms with Gasteiger partial charge in [-0.15, -0.1) is 9.24 Å². The van der Waals surface area contributed by atoms with Crippen molar-refractivity contribution in [1.82, 2.24) is 10.6 Å². The number of hydrogen-bond acceptors (Lipinski definition) is 3. The van der Waals surface area contributed by atoms with Crippen LogP contribution in [0.4, 0.5) is 0 Å². The molecule has 254 valence electrons. The summed E-state index contributed by atoms with van der Waals surface area (Å²) in [5, 5.41) is 7.24. The molecule has 0 spiro atoms. The second-order valence-corrected chi connectivity index (χ2v) is 14.3. The maximum absolute atomic E-state index is 13.6. The summed E-state index contributed by atoms with van der Waals surface area (Å²) in [6.45, 7) is 15.1. The normalized spacial score (nSPS) is 14.3. The predicted molar refractivity (Wildman–Crippen MR) is 202 cm³/mol. The average Bonchev–Trinajstić information content (AvgIpc) is 3.84. The van der Waals surface area contributed by atoms with Crippen molar-refractivity contribution < 1.29 is 14.0 Å². The van der Waals surface area contributed by atoms with E-state index >= 15 is 0 Å². The van der Waals surface area contributed by atoms with Crippen molar-refractivity contribution in [3.05, 3.63) is 95.7 Å². The number of unbranched alkanes of at least 4 members (excludes halogenated alkanes) is 2. The van der Waals surface area contributed by atoms with Gasteiger partial charge in [-0.3, -0.25) is 9.59 Å². The lowest BCUT2D eigenvalue weighted by molar-refractivity contribution is -0.125. The SMILES string of the molecule is CC.CC.CCCCCC1(C(=O)NCC(C)(C)P)c2ccccc2-c2ccccc21.O=C(NC1CCCC1)c1cc2ccccc2o1. The number of nitrogens with one attached hydrogen (secondary N) is 2. The van der Waals surface area contributed by atoms with Gasteiger partial charge in [0.05, 0.1) is 0 Å². The van der Waals surface area contributed by atoms with Crippen LogP contribution in [-0.2, 0) is 10.2 Å².